The van der Waals surface area contributed by atoms with Crippen LogP contribution in [0.3, 0.4) is 0 Å². The van der Waals surface area contributed by atoms with Crippen molar-refractivity contribution >= 4 is 24.2 Å². The second-order valence-electron chi connectivity index (χ2n) is 5.82. The molecule has 1 aliphatic carbocycles. The van der Waals surface area contributed by atoms with Gasteiger partial charge in [-0.2, -0.15) is 5.10 Å². The summed E-state index contributed by atoms with van der Waals surface area (Å²) in [6.45, 7) is 0.869. The number of rotatable bonds is 2. The van der Waals surface area contributed by atoms with Gasteiger partial charge in [-0.1, -0.05) is 6.07 Å². The molecule has 0 bridgehead atoms. The molecule has 1 unspecified atom stereocenters. The number of halogens is 1. The van der Waals surface area contributed by atoms with Gasteiger partial charge in [0.15, 0.2) is 0 Å². The van der Waals surface area contributed by atoms with Crippen LogP contribution in [0.5, 0.6) is 0 Å². The van der Waals surface area contributed by atoms with E-state index < -0.39 is 0 Å². The van der Waals surface area contributed by atoms with Gasteiger partial charge in [-0.25, -0.2) is 4.79 Å². The molecule has 0 radical (unpaired) electrons. The van der Waals surface area contributed by atoms with Crippen LogP contribution >= 0.6 is 12.4 Å². The third-order valence-electron chi connectivity index (χ3n) is 4.42. The van der Waals surface area contributed by atoms with Crippen molar-refractivity contribution < 1.29 is 9.53 Å². The van der Waals surface area contributed by atoms with Gasteiger partial charge in [0.25, 0.3) is 0 Å². The topological polar surface area (TPSA) is 84.2 Å². The number of hydrogen-bond donors (Lipinski definition) is 2. The Morgan fingerprint density at radius 2 is 2.17 bits per heavy atom. The maximum absolute atomic E-state index is 12.0. The van der Waals surface area contributed by atoms with E-state index in [1.807, 2.05) is 12.3 Å². The molecule has 6 nitrogen and oxygen atoms in total. The number of ether oxygens (including phenoxy) is 1. The Morgan fingerprint density at radius 1 is 1.35 bits per heavy atom. The lowest BCUT2D eigenvalue weighted by Gasteiger charge is -2.16. The summed E-state index contributed by atoms with van der Waals surface area (Å²) in [4.78, 5) is 13.6. The number of aryl methyl sites for hydroxylation is 2. The number of nitrogens with one attached hydrogen (secondary N) is 1. The van der Waals surface area contributed by atoms with E-state index in [4.69, 9.17) is 10.5 Å². The highest BCUT2D eigenvalue weighted by molar-refractivity contribution is 5.90. The number of anilines is 1. The van der Waals surface area contributed by atoms with Gasteiger partial charge >= 0.3 is 6.09 Å². The lowest BCUT2D eigenvalue weighted by molar-refractivity contribution is 0.145. The fourth-order valence-electron chi connectivity index (χ4n) is 3.26. The monoisotopic (exact) mass is 334 g/mol. The molecule has 1 aromatic carbocycles. The number of nitrogens with zero attached hydrogens (tertiary/aromatic N) is 2. The molecule has 2 aromatic rings. The Bertz CT molecular complexity index is 731. The molecule has 0 spiro atoms. The number of fused-ring (bicyclic) bond motifs is 3. The standard InChI is InChI=1S/C16H18N4O2.ClH/c17-7-13-9-20(16(21)22-13)12-4-5-14-10(6-12)2-1-3-11-8-18-19-15(11)14;/h4-6,8,13H,1-3,7,9,17H2,(H,18,19);1H. The normalized spacial score (nSPS) is 19.4. The number of H-pyrrole nitrogens is 1. The molecule has 1 atom stereocenters. The van der Waals surface area contributed by atoms with Crippen LogP contribution in [-0.2, 0) is 17.6 Å². The third-order valence-corrected chi connectivity index (χ3v) is 4.42. The maximum atomic E-state index is 12.0. The van der Waals surface area contributed by atoms with Crippen molar-refractivity contribution in [3.05, 3.63) is 35.5 Å². The van der Waals surface area contributed by atoms with Gasteiger partial charge in [-0.3, -0.25) is 10.00 Å². The Labute approximate surface area is 140 Å². The highest BCUT2D eigenvalue weighted by atomic mass is 35.5. The first-order chi connectivity index (χ1) is 10.8. The summed E-state index contributed by atoms with van der Waals surface area (Å²) in [7, 11) is 0. The summed E-state index contributed by atoms with van der Waals surface area (Å²) >= 11 is 0. The number of aromatic nitrogens is 2. The van der Waals surface area contributed by atoms with E-state index in [0.29, 0.717) is 13.1 Å². The highest BCUT2D eigenvalue weighted by Gasteiger charge is 2.31. The fourth-order valence-corrected chi connectivity index (χ4v) is 3.26. The minimum absolute atomic E-state index is 0. The van der Waals surface area contributed by atoms with Crippen molar-refractivity contribution in [3.8, 4) is 11.3 Å². The minimum Gasteiger partial charge on any atom is -0.443 e. The molecule has 23 heavy (non-hydrogen) atoms. The van der Waals surface area contributed by atoms with Crippen LogP contribution in [0.2, 0.25) is 0 Å². The average Bonchev–Trinajstić information content (AvgIpc) is 3.10. The Hall–Kier alpha value is -2.05. The van der Waals surface area contributed by atoms with Crippen molar-refractivity contribution in [2.45, 2.75) is 25.4 Å². The van der Waals surface area contributed by atoms with Gasteiger partial charge in [0.2, 0.25) is 0 Å². The predicted molar refractivity (Wildman–Crippen MR) is 90.0 cm³/mol. The zero-order valence-corrected chi connectivity index (χ0v) is 13.4. The Morgan fingerprint density at radius 3 is 2.96 bits per heavy atom. The van der Waals surface area contributed by atoms with Crippen LogP contribution in [0.25, 0.3) is 11.3 Å². The van der Waals surface area contributed by atoms with E-state index in [-0.39, 0.29) is 24.6 Å². The quantitative estimate of drug-likeness (QED) is 0.882. The number of benzene rings is 1. The summed E-state index contributed by atoms with van der Waals surface area (Å²) in [5.74, 6) is 0. The van der Waals surface area contributed by atoms with E-state index in [9.17, 15) is 4.79 Å². The van der Waals surface area contributed by atoms with E-state index in [1.54, 1.807) is 4.90 Å². The first-order valence-corrected chi connectivity index (χ1v) is 7.60. The third kappa shape index (κ3) is 2.68. The number of carbonyl (C=O) groups is 1. The van der Waals surface area contributed by atoms with Crippen LogP contribution < -0.4 is 10.6 Å². The van der Waals surface area contributed by atoms with Crippen molar-refractivity contribution in [2.24, 2.45) is 5.73 Å². The first-order valence-electron chi connectivity index (χ1n) is 7.60. The largest absolute Gasteiger partial charge is 0.443 e. The molecule has 7 heteroatoms. The van der Waals surface area contributed by atoms with E-state index >= 15 is 0 Å². The number of nitrogens with two attached hydrogens (primary N) is 1. The summed E-state index contributed by atoms with van der Waals surface area (Å²) < 4.78 is 5.24. The maximum Gasteiger partial charge on any atom is 0.414 e. The summed E-state index contributed by atoms with van der Waals surface area (Å²) in [6.07, 6.45) is 4.48. The van der Waals surface area contributed by atoms with Gasteiger partial charge in [-0.15, -0.1) is 12.4 Å². The zero-order valence-electron chi connectivity index (χ0n) is 12.6. The molecule has 1 aliphatic heterocycles. The lowest BCUT2D eigenvalue weighted by Crippen LogP contribution is -2.27. The average molecular weight is 335 g/mol. The second-order valence-corrected chi connectivity index (χ2v) is 5.82. The van der Waals surface area contributed by atoms with E-state index in [0.717, 1.165) is 30.6 Å². The fraction of sp³-hybridized carbons (Fsp3) is 0.375. The molecule has 3 N–H and O–H groups in total. The molecular weight excluding hydrogens is 316 g/mol. The molecule has 122 valence electrons. The molecule has 1 fully saturated rings. The van der Waals surface area contributed by atoms with Crippen molar-refractivity contribution in [3.63, 3.8) is 0 Å². The van der Waals surface area contributed by atoms with E-state index in [2.05, 4.69) is 22.3 Å². The van der Waals surface area contributed by atoms with Gasteiger partial charge < -0.3 is 10.5 Å². The van der Waals surface area contributed by atoms with Crippen LogP contribution in [0.15, 0.2) is 24.4 Å². The van der Waals surface area contributed by atoms with Crippen LogP contribution in [0.4, 0.5) is 10.5 Å². The Kier molecular flexibility index (Phi) is 4.28. The van der Waals surface area contributed by atoms with Crippen LogP contribution in [-0.4, -0.2) is 35.5 Å². The highest BCUT2D eigenvalue weighted by Crippen LogP contribution is 2.34. The van der Waals surface area contributed by atoms with Crippen molar-refractivity contribution in [2.75, 3.05) is 18.0 Å². The summed E-state index contributed by atoms with van der Waals surface area (Å²) in [5.41, 5.74) is 11.2. The van der Waals surface area contributed by atoms with E-state index in [1.165, 1.54) is 16.7 Å². The summed E-state index contributed by atoms with van der Waals surface area (Å²) in [6, 6.07) is 6.12. The van der Waals surface area contributed by atoms with Crippen molar-refractivity contribution in [1.29, 1.82) is 0 Å². The number of amides is 1. The van der Waals surface area contributed by atoms with Crippen LogP contribution in [0.1, 0.15) is 17.5 Å². The molecule has 1 amide bonds. The van der Waals surface area contributed by atoms with Gasteiger partial charge in [-0.05, 0) is 42.5 Å². The van der Waals surface area contributed by atoms with Crippen LogP contribution in [0, 0.1) is 0 Å². The lowest BCUT2D eigenvalue weighted by atomic mass is 10.0. The second kappa shape index (κ2) is 6.22. The molecule has 2 heterocycles. The van der Waals surface area contributed by atoms with Crippen molar-refractivity contribution in [1.82, 2.24) is 10.2 Å². The molecule has 4 rings (SSSR count). The molecule has 1 aromatic heterocycles. The summed E-state index contributed by atoms with van der Waals surface area (Å²) in [5, 5.41) is 7.25. The van der Waals surface area contributed by atoms with Gasteiger partial charge in [0.05, 0.1) is 18.4 Å². The number of carbonyl (C=O) groups excluding carboxylic acids is 1. The minimum atomic E-state index is -0.314. The van der Waals surface area contributed by atoms with Gasteiger partial charge in [0, 0.05) is 17.8 Å². The van der Waals surface area contributed by atoms with Gasteiger partial charge in [0.1, 0.15) is 6.10 Å². The number of aromatic amines is 1. The molecule has 2 aliphatic rings. The Balaban J connectivity index is 0.00000156. The first kappa shape index (κ1) is 15.8. The molecule has 1 saturated heterocycles. The number of cyclic esters (lactones) is 1. The smallest absolute Gasteiger partial charge is 0.414 e. The predicted octanol–water partition coefficient (Wildman–Crippen LogP) is 2.27. The number of hydrogen-bond acceptors (Lipinski definition) is 4. The molecular formula is C16H19ClN4O2. The molecule has 0 saturated carbocycles. The SMILES string of the molecule is Cl.NCC1CN(c2ccc3c(c2)CCCc2cn[nH]c2-3)C(=O)O1. The zero-order chi connectivity index (χ0) is 15.1.